The Balaban J connectivity index is 1.47. The van der Waals surface area contributed by atoms with Gasteiger partial charge in [0.15, 0.2) is 10.1 Å². The Morgan fingerprint density at radius 2 is 1.86 bits per heavy atom. The first-order valence-corrected chi connectivity index (χ1v) is 14.2. The molecule has 10 heteroatoms. The highest BCUT2D eigenvalue weighted by molar-refractivity contribution is 8.00. The van der Waals surface area contributed by atoms with Gasteiger partial charge in [-0.15, -0.1) is 21.5 Å². The quantitative estimate of drug-likeness (QED) is 0.147. The molecule has 5 rings (SSSR count). The average Bonchev–Trinajstić information content (AvgIpc) is 3.65. The molecular weight excluding hydrogens is 527 g/mol. The van der Waals surface area contributed by atoms with Crippen LogP contribution in [0.2, 0.25) is 0 Å². The lowest BCUT2D eigenvalue weighted by Crippen LogP contribution is -2.31. The number of amides is 1. The summed E-state index contributed by atoms with van der Waals surface area (Å²) in [4.78, 5) is 28.6. The van der Waals surface area contributed by atoms with Gasteiger partial charge < -0.3 is 9.84 Å². The fraction of sp³-hybridized carbons (Fsp3) is 0.185. The maximum atomic E-state index is 13.4. The Bertz CT molecular complexity index is 1450. The minimum Gasteiger partial charge on any atom is -0.503 e. The van der Waals surface area contributed by atoms with E-state index in [9.17, 15) is 14.7 Å². The monoisotopic (exact) mass is 549 g/mol. The lowest BCUT2D eigenvalue weighted by Gasteiger charge is -2.24. The third kappa shape index (κ3) is 5.18. The topological polar surface area (TPSA) is 92.6 Å². The number of thioether (sulfide) groups is 1. The van der Waals surface area contributed by atoms with Crippen LogP contribution in [0, 0.1) is 6.92 Å². The zero-order chi connectivity index (χ0) is 25.9. The molecular formula is C27H23N3O4S3. The number of hydrogen-bond acceptors (Lipinski definition) is 9. The van der Waals surface area contributed by atoms with E-state index < -0.39 is 17.7 Å². The summed E-state index contributed by atoms with van der Waals surface area (Å²) in [6.07, 6.45) is 0. The number of hydrogen-bond donors (Lipinski definition) is 1. The van der Waals surface area contributed by atoms with Crippen LogP contribution in [0.4, 0.5) is 5.13 Å². The molecule has 1 atom stereocenters. The fourth-order valence-corrected chi connectivity index (χ4v) is 6.49. The van der Waals surface area contributed by atoms with Gasteiger partial charge >= 0.3 is 0 Å². The molecule has 0 bridgehead atoms. The molecule has 1 amide bonds. The van der Waals surface area contributed by atoms with Gasteiger partial charge in [0.2, 0.25) is 10.9 Å². The molecule has 2 aromatic heterocycles. The van der Waals surface area contributed by atoms with Crippen molar-refractivity contribution in [3.63, 3.8) is 0 Å². The maximum absolute atomic E-state index is 13.4. The number of carbonyl (C=O) groups excluding carboxylic acids is 2. The van der Waals surface area contributed by atoms with Crippen LogP contribution in [-0.2, 0) is 10.5 Å². The number of ketones is 1. The molecule has 2 aromatic carbocycles. The van der Waals surface area contributed by atoms with Crippen LogP contribution < -0.4 is 9.64 Å². The van der Waals surface area contributed by atoms with Gasteiger partial charge in [-0.25, -0.2) is 0 Å². The SMILES string of the molecule is CCOc1ccc(C2C(C(=O)c3cccs3)=C(O)C(=O)N2c2nnc(SCc3ccc(C)cc3)s2)cc1. The van der Waals surface area contributed by atoms with Crippen molar-refractivity contribution in [2.75, 3.05) is 11.5 Å². The van der Waals surface area contributed by atoms with E-state index in [-0.39, 0.29) is 11.4 Å². The highest BCUT2D eigenvalue weighted by Crippen LogP contribution is 2.44. The van der Waals surface area contributed by atoms with E-state index in [0.29, 0.717) is 38.0 Å². The number of aliphatic hydroxyl groups is 1. The number of anilines is 1. The molecule has 0 aliphatic carbocycles. The Hall–Kier alpha value is -3.47. The van der Waals surface area contributed by atoms with Crippen LogP contribution in [0.5, 0.6) is 5.75 Å². The third-order valence-corrected chi connectivity index (χ3v) is 8.79. The Morgan fingerprint density at radius 1 is 1.11 bits per heavy atom. The van der Waals surface area contributed by atoms with Gasteiger partial charge in [-0.1, -0.05) is 71.1 Å². The minimum absolute atomic E-state index is 0.0284. The second kappa shape index (κ2) is 10.9. The van der Waals surface area contributed by atoms with Gasteiger partial charge in [0, 0.05) is 5.75 Å². The van der Waals surface area contributed by atoms with Crippen LogP contribution in [0.25, 0.3) is 0 Å². The number of aromatic nitrogens is 2. The number of carbonyl (C=O) groups is 2. The molecule has 188 valence electrons. The highest BCUT2D eigenvalue weighted by Gasteiger charge is 2.46. The van der Waals surface area contributed by atoms with E-state index in [1.165, 1.54) is 44.9 Å². The standard InChI is InChI=1S/C27H23N3O4S3/c1-3-34-19-12-10-18(11-13-19)22-21(23(31)20-5-4-14-35-20)24(32)25(33)30(22)26-28-29-27(37-26)36-15-17-8-6-16(2)7-9-17/h4-14,22,32H,3,15H2,1-2H3. The molecule has 0 radical (unpaired) electrons. The molecule has 0 fully saturated rings. The summed E-state index contributed by atoms with van der Waals surface area (Å²) >= 11 is 4.03. The number of nitrogens with zero attached hydrogens (tertiary/aromatic N) is 3. The summed E-state index contributed by atoms with van der Waals surface area (Å²) in [5, 5.41) is 21.6. The molecule has 1 aliphatic rings. The summed E-state index contributed by atoms with van der Waals surface area (Å²) in [5.74, 6) is -0.254. The largest absolute Gasteiger partial charge is 0.503 e. The molecule has 1 unspecified atom stereocenters. The number of rotatable bonds is 9. The molecule has 7 nitrogen and oxygen atoms in total. The normalized spacial score (nSPS) is 15.5. The fourth-order valence-electron chi connectivity index (χ4n) is 3.99. The van der Waals surface area contributed by atoms with E-state index in [4.69, 9.17) is 4.74 Å². The summed E-state index contributed by atoms with van der Waals surface area (Å²) in [5.41, 5.74) is 3.03. The zero-order valence-electron chi connectivity index (χ0n) is 20.1. The van der Waals surface area contributed by atoms with Crippen LogP contribution in [0.3, 0.4) is 0 Å². The van der Waals surface area contributed by atoms with Crippen molar-refractivity contribution in [1.82, 2.24) is 10.2 Å². The first kappa shape index (κ1) is 25.2. The number of ether oxygens (including phenoxy) is 1. The van der Waals surface area contributed by atoms with E-state index >= 15 is 0 Å². The predicted molar refractivity (Wildman–Crippen MR) is 147 cm³/mol. The van der Waals surface area contributed by atoms with E-state index in [0.717, 1.165) is 5.56 Å². The number of aliphatic hydroxyl groups excluding tert-OH is 1. The summed E-state index contributed by atoms with van der Waals surface area (Å²) in [7, 11) is 0. The lowest BCUT2D eigenvalue weighted by atomic mass is 9.95. The van der Waals surface area contributed by atoms with E-state index in [1.54, 1.807) is 41.8 Å². The van der Waals surface area contributed by atoms with Crippen LogP contribution in [0.15, 0.2) is 81.7 Å². The number of aryl methyl sites for hydroxylation is 1. The summed E-state index contributed by atoms with van der Waals surface area (Å²) in [6, 6.07) is 18.0. The Morgan fingerprint density at radius 3 is 2.54 bits per heavy atom. The number of thiophene rings is 1. The van der Waals surface area contributed by atoms with Gasteiger partial charge in [0.1, 0.15) is 5.75 Å². The van der Waals surface area contributed by atoms with Gasteiger partial charge in [-0.2, -0.15) is 0 Å². The maximum Gasteiger partial charge on any atom is 0.296 e. The molecule has 4 aromatic rings. The van der Waals surface area contributed by atoms with Crippen molar-refractivity contribution >= 4 is 51.3 Å². The summed E-state index contributed by atoms with van der Waals surface area (Å²) < 4.78 is 6.24. The van der Waals surface area contributed by atoms with Crippen molar-refractivity contribution in [2.24, 2.45) is 0 Å². The van der Waals surface area contributed by atoms with E-state index in [2.05, 4.69) is 34.5 Å². The molecule has 0 saturated carbocycles. The highest BCUT2D eigenvalue weighted by atomic mass is 32.2. The van der Waals surface area contributed by atoms with Crippen molar-refractivity contribution in [3.8, 4) is 5.75 Å². The Labute approximate surface area is 226 Å². The minimum atomic E-state index is -0.847. The van der Waals surface area contributed by atoms with Crippen LogP contribution in [0.1, 0.15) is 39.3 Å². The Kier molecular flexibility index (Phi) is 7.40. The van der Waals surface area contributed by atoms with Crippen molar-refractivity contribution < 1.29 is 19.4 Å². The molecule has 1 N–H and O–H groups in total. The van der Waals surface area contributed by atoms with Crippen molar-refractivity contribution in [3.05, 3.63) is 98.9 Å². The lowest BCUT2D eigenvalue weighted by molar-refractivity contribution is -0.117. The molecule has 37 heavy (non-hydrogen) atoms. The summed E-state index contributed by atoms with van der Waals surface area (Å²) in [6.45, 7) is 4.46. The van der Waals surface area contributed by atoms with Crippen molar-refractivity contribution in [2.45, 2.75) is 30.0 Å². The van der Waals surface area contributed by atoms with Crippen LogP contribution >= 0.6 is 34.4 Å². The molecule has 3 heterocycles. The third-order valence-electron chi connectivity index (χ3n) is 5.79. The van der Waals surface area contributed by atoms with E-state index in [1.807, 2.05) is 13.8 Å². The first-order valence-electron chi connectivity index (χ1n) is 11.6. The number of Topliss-reactive ketones (excluding diaryl/α,β-unsaturated/α-hetero) is 1. The van der Waals surface area contributed by atoms with Gasteiger partial charge in [0.05, 0.1) is 23.1 Å². The van der Waals surface area contributed by atoms with Crippen LogP contribution in [-0.4, -0.2) is 33.6 Å². The first-order chi connectivity index (χ1) is 18.0. The number of benzene rings is 2. The second-order valence-electron chi connectivity index (χ2n) is 8.27. The van der Waals surface area contributed by atoms with Gasteiger partial charge in [0.25, 0.3) is 5.91 Å². The predicted octanol–water partition coefficient (Wildman–Crippen LogP) is 6.38. The average molecular weight is 550 g/mol. The molecule has 0 spiro atoms. The zero-order valence-corrected chi connectivity index (χ0v) is 22.5. The smallest absolute Gasteiger partial charge is 0.296 e. The second-order valence-corrected chi connectivity index (χ2v) is 11.4. The van der Waals surface area contributed by atoms with Crippen molar-refractivity contribution in [1.29, 1.82) is 0 Å². The van der Waals surface area contributed by atoms with Gasteiger partial charge in [-0.05, 0) is 48.6 Å². The molecule has 0 saturated heterocycles. The van der Waals surface area contributed by atoms with Gasteiger partial charge in [-0.3, -0.25) is 14.5 Å². The molecule has 1 aliphatic heterocycles.